The number of alkyl halides is 1. The fourth-order valence-electron chi connectivity index (χ4n) is 1.21. The molecule has 0 fully saturated rings. The van der Waals surface area contributed by atoms with E-state index in [-0.39, 0.29) is 12.6 Å². The van der Waals surface area contributed by atoms with Crippen molar-refractivity contribution in [2.75, 3.05) is 18.5 Å². The van der Waals surface area contributed by atoms with Gasteiger partial charge in [-0.25, -0.2) is 0 Å². The van der Waals surface area contributed by atoms with Crippen LogP contribution in [0.15, 0.2) is 30.3 Å². The van der Waals surface area contributed by atoms with Gasteiger partial charge >= 0.3 is 0 Å². The first-order valence-corrected chi connectivity index (χ1v) is 7.04. The lowest BCUT2D eigenvalue weighted by molar-refractivity contribution is 0.126. The topological polar surface area (TPSA) is 9.23 Å². The van der Waals surface area contributed by atoms with Crippen LogP contribution >= 0.6 is 15.9 Å². The van der Waals surface area contributed by atoms with Crippen molar-refractivity contribution in [2.24, 2.45) is 0 Å². The van der Waals surface area contributed by atoms with Crippen LogP contribution in [0.5, 0.6) is 0 Å². The van der Waals surface area contributed by atoms with Gasteiger partial charge in [-0.3, -0.25) is 0 Å². The van der Waals surface area contributed by atoms with E-state index in [4.69, 9.17) is 19.8 Å². The molecule has 1 rings (SSSR count). The number of hydrogen-bond donors (Lipinski definition) is 0. The monoisotopic (exact) mass is 323 g/mol. The van der Waals surface area contributed by atoms with E-state index in [2.05, 4.69) is 15.9 Å². The molecular formula is C16H25BrO. The summed E-state index contributed by atoms with van der Waals surface area (Å²) in [5, 5.41) is 0.837. The summed E-state index contributed by atoms with van der Waals surface area (Å²) in [5.41, 5.74) is -0.743. The molecule has 1 aromatic rings. The molecule has 102 valence electrons. The van der Waals surface area contributed by atoms with Crippen LogP contribution in [0.3, 0.4) is 0 Å². The number of halogens is 1. The van der Waals surface area contributed by atoms with Crippen molar-refractivity contribution >= 4 is 15.9 Å². The highest BCUT2D eigenvalue weighted by Gasteiger charge is 1.94. The van der Waals surface area contributed by atoms with Crippen LogP contribution in [-0.2, 0) is 11.1 Å². The number of ether oxygens (including phenoxy) is 1. The molecule has 0 saturated heterocycles. The molecule has 0 heterocycles. The molecule has 18 heavy (non-hydrogen) atoms. The van der Waals surface area contributed by atoms with Crippen molar-refractivity contribution in [1.29, 1.82) is 0 Å². The minimum atomic E-state index is -3.49. The van der Waals surface area contributed by atoms with Crippen LogP contribution in [-0.4, -0.2) is 18.5 Å². The molecule has 0 aliphatic carbocycles. The summed E-state index contributed by atoms with van der Waals surface area (Å²) >= 11 is 3.29. The van der Waals surface area contributed by atoms with E-state index in [9.17, 15) is 0 Å². The molecule has 0 atom stereocenters. The molecule has 1 aromatic carbocycles. The Morgan fingerprint density at radius 2 is 1.89 bits per heavy atom. The quantitative estimate of drug-likeness (QED) is 0.412. The Morgan fingerprint density at radius 1 is 1.11 bits per heavy atom. The van der Waals surface area contributed by atoms with Crippen LogP contribution in [0.2, 0.25) is 0 Å². The van der Waals surface area contributed by atoms with Gasteiger partial charge in [0, 0.05) is 26.7 Å². The number of hydrogen-bond acceptors (Lipinski definition) is 1. The van der Waals surface area contributed by atoms with E-state index in [1.165, 1.54) is 0 Å². The van der Waals surface area contributed by atoms with Crippen molar-refractivity contribution in [2.45, 2.75) is 44.8 Å². The highest BCUT2D eigenvalue weighted by molar-refractivity contribution is 9.09. The molecular weight excluding hydrogens is 288 g/mol. The summed E-state index contributed by atoms with van der Waals surface area (Å²) in [5.74, 6) is 0. The summed E-state index contributed by atoms with van der Waals surface area (Å²) in [7, 11) is 0. The van der Waals surface area contributed by atoms with Crippen molar-refractivity contribution in [3.05, 3.63) is 35.8 Å². The average molecular weight is 324 g/mol. The van der Waals surface area contributed by atoms with Crippen LogP contribution in [0.4, 0.5) is 0 Å². The summed E-state index contributed by atoms with van der Waals surface area (Å²) in [6.07, 6.45) is -7.20. The van der Waals surface area contributed by atoms with Crippen molar-refractivity contribution in [3.63, 3.8) is 0 Å². The zero-order chi connectivity index (χ0) is 22.7. The Kier molecular flexibility index (Phi) is 3.89. The molecule has 0 spiro atoms. The molecule has 0 unspecified atom stereocenters. The SMILES string of the molecule is [2H]c1cc([2H])c(C([2H])([2H])C([2H])([2H])C([2H])([2H])C([2H])([2H])OCCCCCCBr)c([2H])c1. The second-order valence-corrected chi connectivity index (χ2v) is 4.34. The minimum Gasteiger partial charge on any atom is -0.381 e. The smallest absolute Gasteiger partial charge is 0.0626 e. The van der Waals surface area contributed by atoms with Gasteiger partial charge in [-0.1, -0.05) is 59.0 Å². The average Bonchev–Trinajstić information content (AvgIpc) is 2.56. The zero-order valence-electron chi connectivity index (χ0n) is 21.2. The van der Waals surface area contributed by atoms with Gasteiger partial charge in [0.15, 0.2) is 0 Å². The van der Waals surface area contributed by atoms with E-state index in [0.29, 0.717) is 6.42 Å². The maximum atomic E-state index is 8.17. The lowest BCUT2D eigenvalue weighted by atomic mass is 10.1. The third-order valence-electron chi connectivity index (χ3n) is 2.10. The van der Waals surface area contributed by atoms with Gasteiger partial charge in [-0.05, 0) is 37.5 Å². The second-order valence-electron chi connectivity index (χ2n) is 3.55. The number of rotatable bonds is 11. The van der Waals surface area contributed by atoms with E-state index in [0.717, 1.165) is 36.7 Å². The Hall–Kier alpha value is -0.340. The molecule has 0 radical (unpaired) electrons. The normalized spacial score (nSPS) is 22.8. The highest BCUT2D eigenvalue weighted by atomic mass is 79.9. The van der Waals surface area contributed by atoms with Crippen LogP contribution in [0, 0.1) is 0 Å². The highest BCUT2D eigenvalue weighted by Crippen LogP contribution is 2.05. The third kappa shape index (κ3) is 8.71. The molecule has 0 saturated carbocycles. The van der Waals surface area contributed by atoms with Gasteiger partial charge in [0.05, 0.1) is 6.85 Å². The fraction of sp³-hybridized carbons (Fsp3) is 0.625. The Labute approximate surface area is 136 Å². The van der Waals surface area contributed by atoms with Gasteiger partial charge in [0.2, 0.25) is 0 Å². The van der Waals surface area contributed by atoms with E-state index >= 15 is 0 Å². The summed E-state index contributed by atoms with van der Waals surface area (Å²) < 4.78 is 92.7. The van der Waals surface area contributed by atoms with Gasteiger partial charge in [0.25, 0.3) is 0 Å². The molecule has 0 N–H and O–H groups in total. The first-order valence-electron chi connectivity index (χ1n) is 11.4. The molecule has 0 amide bonds. The van der Waals surface area contributed by atoms with Crippen LogP contribution < -0.4 is 0 Å². The standard InChI is InChI=1S/C16H25BrO/c17-13-7-1-2-8-14-18-15-9-6-12-16-10-4-3-5-11-16/h3-5,10-11H,1-2,6-9,12-15H2/i3D,6D2,9D2,10D,11D,12D2,15D2. The Bertz CT molecular complexity index is 670. The predicted octanol–water partition coefficient (Wildman–Crippen LogP) is 4.98. The predicted molar refractivity (Wildman–Crippen MR) is 82.5 cm³/mol. The maximum absolute atomic E-state index is 8.17. The lowest BCUT2D eigenvalue weighted by Gasteiger charge is -2.04. The van der Waals surface area contributed by atoms with Crippen LogP contribution in [0.25, 0.3) is 0 Å². The first kappa shape index (κ1) is 5.97. The summed E-state index contributed by atoms with van der Waals surface area (Å²) in [4.78, 5) is 0. The maximum Gasteiger partial charge on any atom is 0.0626 e. The molecule has 0 bridgehead atoms. The van der Waals surface area contributed by atoms with Gasteiger partial charge in [0.1, 0.15) is 0 Å². The lowest BCUT2D eigenvalue weighted by Crippen LogP contribution is -1.98. The van der Waals surface area contributed by atoms with Crippen molar-refractivity contribution in [1.82, 2.24) is 0 Å². The van der Waals surface area contributed by atoms with E-state index < -0.39 is 43.3 Å². The van der Waals surface area contributed by atoms with Gasteiger partial charge in [-0.15, -0.1) is 0 Å². The molecule has 1 nitrogen and oxygen atoms in total. The fourth-order valence-corrected chi connectivity index (χ4v) is 1.61. The number of benzene rings is 1. The van der Waals surface area contributed by atoms with Crippen LogP contribution in [0.1, 0.15) is 59.1 Å². The Morgan fingerprint density at radius 3 is 2.67 bits per heavy atom. The largest absolute Gasteiger partial charge is 0.381 e. The molecule has 2 heteroatoms. The third-order valence-corrected chi connectivity index (χ3v) is 2.66. The molecule has 0 aliphatic rings. The first-order chi connectivity index (χ1) is 13.1. The Balaban J connectivity index is 3.14. The van der Waals surface area contributed by atoms with E-state index in [1.807, 2.05) is 0 Å². The second kappa shape index (κ2) is 11.7. The zero-order valence-corrected chi connectivity index (χ0v) is 11.8. The van der Waals surface area contributed by atoms with Gasteiger partial charge in [-0.2, -0.15) is 0 Å². The van der Waals surface area contributed by atoms with Crippen molar-refractivity contribution in [3.8, 4) is 0 Å². The van der Waals surface area contributed by atoms with Gasteiger partial charge < -0.3 is 4.74 Å². The summed E-state index contributed by atoms with van der Waals surface area (Å²) in [6, 6.07) is 0.367. The molecule has 0 aromatic heterocycles. The summed E-state index contributed by atoms with van der Waals surface area (Å²) in [6.45, 7) is -3.31. The van der Waals surface area contributed by atoms with E-state index in [1.54, 1.807) is 0 Å². The minimum absolute atomic E-state index is 0.158. The molecule has 0 aliphatic heterocycles. The number of unbranched alkanes of at least 4 members (excludes halogenated alkanes) is 3. The van der Waals surface area contributed by atoms with Crippen molar-refractivity contribution < 1.29 is 19.8 Å².